The first-order valence-corrected chi connectivity index (χ1v) is 11.1. The van der Waals surface area contributed by atoms with E-state index >= 15 is 0 Å². The second-order valence-electron chi connectivity index (χ2n) is 8.37. The Morgan fingerprint density at radius 3 is 2.33 bits per heavy atom. The van der Waals surface area contributed by atoms with Crippen LogP contribution >= 0.6 is 15.9 Å². The Labute approximate surface area is 197 Å². The van der Waals surface area contributed by atoms with Crippen molar-refractivity contribution in [3.63, 3.8) is 0 Å². The number of aromatic nitrogens is 2. The number of hydrogen-bond donors (Lipinski definition) is 0. The molecule has 0 spiro atoms. The molecule has 3 aromatic rings. The van der Waals surface area contributed by atoms with Crippen molar-refractivity contribution >= 4 is 27.5 Å². The van der Waals surface area contributed by atoms with E-state index in [9.17, 15) is 22.8 Å². The Bertz CT molecular complexity index is 1330. The smallest absolute Gasteiger partial charge is 0.304 e. The summed E-state index contributed by atoms with van der Waals surface area (Å²) in [6.07, 6.45) is -4.32. The van der Waals surface area contributed by atoms with Crippen molar-refractivity contribution < 1.29 is 18.0 Å². The Morgan fingerprint density at radius 2 is 1.76 bits per heavy atom. The minimum atomic E-state index is -4.70. The van der Waals surface area contributed by atoms with Gasteiger partial charge in [-0.05, 0) is 57.5 Å². The van der Waals surface area contributed by atoms with Crippen molar-refractivity contribution in [1.29, 1.82) is 0 Å². The molecule has 172 valence electrons. The van der Waals surface area contributed by atoms with Gasteiger partial charge in [0, 0.05) is 28.6 Å². The van der Waals surface area contributed by atoms with E-state index in [4.69, 9.17) is 0 Å². The van der Waals surface area contributed by atoms with Crippen molar-refractivity contribution in [2.24, 2.45) is 0 Å². The summed E-state index contributed by atoms with van der Waals surface area (Å²) >= 11 is 3.20. The van der Waals surface area contributed by atoms with Gasteiger partial charge in [-0.2, -0.15) is 23.0 Å². The van der Waals surface area contributed by atoms with Crippen molar-refractivity contribution in [2.75, 3.05) is 4.90 Å². The van der Waals surface area contributed by atoms with Crippen LogP contribution in [0, 0.1) is 13.8 Å². The van der Waals surface area contributed by atoms with Gasteiger partial charge in [0.15, 0.2) is 0 Å². The summed E-state index contributed by atoms with van der Waals surface area (Å²) in [6, 6.07) is 8.78. The lowest BCUT2D eigenvalue weighted by atomic mass is 9.99. The maximum atomic E-state index is 13.8. The van der Waals surface area contributed by atoms with Crippen LogP contribution in [-0.4, -0.2) is 21.7 Å². The number of hydrogen-bond acceptors (Lipinski definition) is 3. The lowest BCUT2D eigenvalue weighted by Crippen LogP contribution is -2.38. The molecule has 9 heteroatoms. The van der Waals surface area contributed by atoms with Gasteiger partial charge < -0.3 is 4.90 Å². The first kappa shape index (κ1) is 23.2. The van der Waals surface area contributed by atoms with Crippen molar-refractivity contribution in [2.45, 2.75) is 46.3 Å². The zero-order valence-electron chi connectivity index (χ0n) is 18.4. The Hall–Kier alpha value is -2.94. The van der Waals surface area contributed by atoms with Crippen molar-refractivity contribution in [1.82, 2.24) is 9.78 Å². The van der Waals surface area contributed by atoms with Gasteiger partial charge in [0.25, 0.3) is 5.56 Å². The maximum absolute atomic E-state index is 13.8. The molecule has 33 heavy (non-hydrogen) atoms. The predicted molar refractivity (Wildman–Crippen MR) is 124 cm³/mol. The SMILES string of the molecule is CC(=O)N1c2c(c(-c3cc(C)cc(C)c3)nn(-c3cc(Br)ccc3C(F)(F)F)c2=O)CC1C. The third kappa shape index (κ3) is 4.10. The molecule has 2 aromatic carbocycles. The average molecular weight is 520 g/mol. The van der Waals surface area contributed by atoms with Crippen molar-refractivity contribution in [3.05, 3.63) is 73.5 Å². The zero-order valence-corrected chi connectivity index (χ0v) is 20.0. The average Bonchev–Trinajstić information content (AvgIpc) is 3.04. The van der Waals surface area contributed by atoms with Gasteiger partial charge >= 0.3 is 6.18 Å². The quantitative estimate of drug-likeness (QED) is 0.443. The standard InChI is InChI=1S/C24H21BrF3N3O2/c1-12-7-13(2)9-16(8-12)21-18-10-14(3)30(15(4)32)22(18)23(33)31(29-21)20-11-17(25)5-6-19(20)24(26,27)28/h5-9,11,14H,10H2,1-4H3. The molecule has 0 fully saturated rings. The van der Waals surface area contributed by atoms with Gasteiger partial charge in [-0.25, -0.2) is 0 Å². The highest BCUT2D eigenvalue weighted by molar-refractivity contribution is 9.10. The van der Waals surface area contributed by atoms with E-state index in [1.54, 1.807) is 6.92 Å². The summed E-state index contributed by atoms with van der Waals surface area (Å²) in [5.41, 5.74) is 1.45. The normalized spacial score (nSPS) is 15.6. The summed E-state index contributed by atoms with van der Waals surface area (Å²) in [5.74, 6) is -0.354. The molecule has 0 bridgehead atoms. The third-order valence-electron chi connectivity index (χ3n) is 5.68. The topological polar surface area (TPSA) is 55.2 Å². The lowest BCUT2D eigenvalue weighted by molar-refractivity contribution is -0.137. The summed E-state index contributed by atoms with van der Waals surface area (Å²) in [6.45, 7) is 6.96. The molecule has 0 N–H and O–H groups in total. The molecule has 2 heterocycles. The molecule has 0 saturated heterocycles. The molecule has 1 aromatic heterocycles. The molecule has 1 amide bonds. The van der Waals surface area contributed by atoms with Gasteiger partial charge in [0.05, 0.1) is 16.9 Å². The number of alkyl halides is 3. The fourth-order valence-corrected chi connectivity index (χ4v) is 4.84. The number of amides is 1. The Balaban J connectivity index is 2.13. The lowest BCUT2D eigenvalue weighted by Gasteiger charge is -2.21. The molecular formula is C24H21BrF3N3O2. The number of carbonyl (C=O) groups is 1. The number of carbonyl (C=O) groups excluding carboxylic acids is 1. The van der Waals surface area contributed by atoms with Crippen LogP contribution in [-0.2, 0) is 17.4 Å². The van der Waals surface area contributed by atoms with Gasteiger partial charge in [-0.15, -0.1) is 0 Å². The monoisotopic (exact) mass is 519 g/mol. The fourth-order valence-electron chi connectivity index (χ4n) is 4.49. The van der Waals surface area contributed by atoms with E-state index < -0.39 is 23.0 Å². The van der Waals surface area contributed by atoms with E-state index in [0.29, 0.717) is 27.7 Å². The number of anilines is 1. The van der Waals surface area contributed by atoms with E-state index in [-0.39, 0.29) is 17.6 Å². The predicted octanol–water partition coefficient (Wildman–Crippen LogP) is 5.60. The highest BCUT2D eigenvalue weighted by Gasteiger charge is 2.38. The molecule has 0 radical (unpaired) electrons. The second kappa shape index (κ2) is 8.13. The molecule has 0 saturated carbocycles. The van der Waals surface area contributed by atoms with Crippen LogP contribution in [0.3, 0.4) is 0 Å². The number of halogens is 4. The molecule has 4 rings (SSSR count). The molecule has 1 unspecified atom stereocenters. The van der Waals surface area contributed by atoms with Crippen LogP contribution in [0.1, 0.15) is 36.1 Å². The summed E-state index contributed by atoms with van der Waals surface area (Å²) in [4.78, 5) is 27.3. The largest absolute Gasteiger partial charge is 0.418 e. The van der Waals surface area contributed by atoms with E-state index in [2.05, 4.69) is 21.0 Å². The Morgan fingerprint density at radius 1 is 1.12 bits per heavy atom. The molecule has 1 aliphatic heterocycles. The highest BCUT2D eigenvalue weighted by atomic mass is 79.9. The van der Waals surface area contributed by atoms with Gasteiger partial charge in [-0.3, -0.25) is 9.59 Å². The molecule has 1 atom stereocenters. The zero-order chi connectivity index (χ0) is 24.2. The van der Waals surface area contributed by atoms with Crippen LogP contribution in [0.5, 0.6) is 0 Å². The van der Waals surface area contributed by atoms with Gasteiger partial charge in [0.1, 0.15) is 5.69 Å². The molecular weight excluding hydrogens is 499 g/mol. The van der Waals surface area contributed by atoms with E-state index in [1.807, 2.05) is 32.0 Å². The first-order valence-electron chi connectivity index (χ1n) is 10.3. The van der Waals surface area contributed by atoms with Crippen LogP contribution in [0.15, 0.2) is 45.7 Å². The Kier molecular flexibility index (Phi) is 5.72. The highest BCUT2D eigenvalue weighted by Crippen LogP contribution is 2.39. The third-order valence-corrected chi connectivity index (χ3v) is 6.17. The van der Waals surface area contributed by atoms with Gasteiger partial charge in [-0.1, -0.05) is 33.1 Å². The van der Waals surface area contributed by atoms with Crippen LogP contribution in [0.4, 0.5) is 18.9 Å². The maximum Gasteiger partial charge on any atom is 0.418 e. The van der Waals surface area contributed by atoms with Gasteiger partial charge in [0.2, 0.25) is 5.91 Å². The minimum Gasteiger partial charge on any atom is -0.304 e. The number of benzene rings is 2. The fraction of sp³-hybridized carbons (Fsp3) is 0.292. The molecule has 1 aliphatic rings. The number of nitrogens with zero attached hydrogens (tertiary/aromatic N) is 3. The number of aryl methyl sites for hydroxylation is 2. The van der Waals surface area contributed by atoms with Crippen LogP contribution in [0.25, 0.3) is 16.9 Å². The minimum absolute atomic E-state index is 0.0762. The van der Waals surface area contributed by atoms with Crippen LogP contribution < -0.4 is 10.5 Å². The van der Waals surface area contributed by atoms with E-state index in [0.717, 1.165) is 21.9 Å². The molecule has 5 nitrogen and oxygen atoms in total. The molecule has 0 aliphatic carbocycles. The number of rotatable bonds is 2. The van der Waals surface area contributed by atoms with Crippen molar-refractivity contribution in [3.8, 4) is 16.9 Å². The van der Waals surface area contributed by atoms with E-state index in [1.165, 1.54) is 24.0 Å². The first-order chi connectivity index (χ1) is 15.4. The second-order valence-corrected chi connectivity index (χ2v) is 9.29. The van der Waals surface area contributed by atoms with Crippen LogP contribution in [0.2, 0.25) is 0 Å². The summed E-state index contributed by atoms with van der Waals surface area (Å²) in [7, 11) is 0. The summed E-state index contributed by atoms with van der Waals surface area (Å²) < 4.78 is 42.7. The summed E-state index contributed by atoms with van der Waals surface area (Å²) in [5, 5.41) is 4.46. The number of fused-ring (bicyclic) bond motifs is 1.